The summed E-state index contributed by atoms with van der Waals surface area (Å²) < 4.78 is 6.33. The predicted octanol–water partition coefficient (Wildman–Crippen LogP) is 0.567. The van der Waals surface area contributed by atoms with Crippen LogP contribution >= 0.6 is 0 Å². The van der Waals surface area contributed by atoms with Crippen LogP contribution in [-0.4, -0.2) is 28.6 Å². The predicted molar refractivity (Wildman–Crippen MR) is 49.0 cm³/mol. The number of hydrogen-bond acceptors (Lipinski definition) is 4. The molecule has 0 aromatic carbocycles. The standard InChI is InChI=1S/C9H12N2O3/c1-7-9(6-12)5-11(10-7)3-4-14-8(2)13/h5-6H,3-4H2,1-2H3. The van der Waals surface area contributed by atoms with Gasteiger partial charge in [0.15, 0.2) is 6.29 Å². The van der Waals surface area contributed by atoms with E-state index >= 15 is 0 Å². The fourth-order valence-electron chi connectivity index (χ4n) is 1.05. The van der Waals surface area contributed by atoms with Crippen molar-refractivity contribution in [3.63, 3.8) is 0 Å². The number of rotatable bonds is 4. The molecule has 0 atom stereocenters. The molecule has 0 radical (unpaired) electrons. The van der Waals surface area contributed by atoms with Crippen LogP contribution in [0.1, 0.15) is 23.0 Å². The molecule has 0 fully saturated rings. The highest BCUT2D eigenvalue weighted by molar-refractivity contribution is 5.75. The minimum Gasteiger partial charge on any atom is -0.464 e. The van der Waals surface area contributed by atoms with Gasteiger partial charge in [-0.2, -0.15) is 5.10 Å². The van der Waals surface area contributed by atoms with Crippen LogP contribution in [0.4, 0.5) is 0 Å². The minimum atomic E-state index is -0.315. The molecular weight excluding hydrogens is 184 g/mol. The fourth-order valence-corrected chi connectivity index (χ4v) is 1.05. The van der Waals surface area contributed by atoms with Gasteiger partial charge in [-0.25, -0.2) is 0 Å². The van der Waals surface area contributed by atoms with E-state index in [0.29, 0.717) is 17.8 Å². The Morgan fingerprint density at radius 2 is 2.43 bits per heavy atom. The number of hydrogen-bond donors (Lipinski definition) is 0. The summed E-state index contributed by atoms with van der Waals surface area (Å²) in [6.45, 7) is 3.85. The van der Waals surface area contributed by atoms with E-state index in [1.807, 2.05) is 0 Å². The Hall–Kier alpha value is -1.65. The highest BCUT2D eigenvalue weighted by Gasteiger charge is 2.03. The maximum Gasteiger partial charge on any atom is 0.302 e. The van der Waals surface area contributed by atoms with Gasteiger partial charge in [0.1, 0.15) is 6.61 Å². The first kappa shape index (κ1) is 10.4. The lowest BCUT2D eigenvalue weighted by atomic mass is 10.3. The van der Waals surface area contributed by atoms with Crippen molar-refractivity contribution in [2.45, 2.75) is 20.4 Å². The van der Waals surface area contributed by atoms with Gasteiger partial charge in [-0.05, 0) is 6.92 Å². The van der Waals surface area contributed by atoms with Gasteiger partial charge in [0.05, 0.1) is 17.8 Å². The maximum absolute atomic E-state index is 10.5. The Bertz CT molecular complexity index is 344. The van der Waals surface area contributed by atoms with Crippen molar-refractivity contribution in [1.29, 1.82) is 0 Å². The second kappa shape index (κ2) is 4.55. The van der Waals surface area contributed by atoms with Gasteiger partial charge >= 0.3 is 5.97 Å². The molecular formula is C9H12N2O3. The third-order valence-corrected chi connectivity index (χ3v) is 1.74. The molecule has 0 saturated carbocycles. The molecule has 1 aromatic rings. The molecule has 0 N–H and O–H groups in total. The molecule has 0 amide bonds. The van der Waals surface area contributed by atoms with Gasteiger partial charge in [-0.1, -0.05) is 0 Å². The molecule has 0 aliphatic rings. The SMILES string of the molecule is CC(=O)OCCn1cc(C=O)c(C)n1. The van der Waals surface area contributed by atoms with Crippen molar-refractivity contribution in [2.24, 2.45) is 0 Å². The summed E-state index contributed by atoms with van der Waals surface area (Å²) in [7, 11) is 0. The van der Waals surface area contributed by atoms with Gasteiger partial charge in [0.2, 0.25) is 0 Å². The van der Waals surface area contributed by atoms with E-state index in [1.54, 1.807) is 17.8 Å². The Morgan fingerprint density at radius 1 is 1.71 bits per heavy atom. The normalized spacial score (nSPS) is 9.86. The number of aldehydes is 1. The number of esters is 1. The van der Waals surface area contributed by atoms with Crippen molar-refractivity contribution >= 4 is 12.3 Å². The van der Waals surface area contributed by atoms with Gasteiger partial charge in [0, 0.05) is 13.1 Å². The van der Waals surface area contributed by atoms with E-state index in [1.165, 1.54) is 6.92 Å². The Morgan fingerprint density at radius 3 is 2.93 bits per heavy atom. The van der Waals surface area contributed by atoms with Gasteiger partial charge < -0.3 is 4.74 Å². The van der Waals surface area contributed by atoms with Crippen molar-refractivity contribution < 1.29 is 14.3 Å². The van der Waals surface area contributed by atoms with E-state index in [9.17, 15) is 9.59 Å². The quantitative estimate of drug-likeness (QED) is 0.521. The third kappa shape index (κ3) is 2.69. The average Bonchev–Trinajstić information content (AvgIpc) is 2.45. The lowest BCUT2D eigenvalue weighted by Gasteiger charge is -2.01. The molecule has 76 valence electrons. The van der Waals surface area contributed by atoms with Gasteiger partial charge in [-0.15, -0.1) is 0 Å². The second-order valence-corrected chi connectivity index (χ2v) is 2.89. The highest BCUT2D eigenvalue weighted by Crippen LogP contribution is 2.01. The number of carbonyl (C=O) groups excluding carboxylic acids is 2. The summed E-state index contributed by atoms with van der Waals surface area (Å²) in [5, 5.41) is 4.07. The molecule has 0 bridgehead atoms. The lowest BCUT2D eigenvalue weighted by Crippen LogP contribution is -2.09. The van der Waals surface area contributed by atoms with Crippen LogP contribution in [0.25, 0.3) is 0 Å². The summed E-state index contributed by atoms with van der Waals surface area (Å²) in [6.07, 6.45) is 2.39. The first-order chi connectivity index (χ1) is 6.63. The molecule has 1 heterocycles. The van der Waals surface area contributed by atoms with Crippen LogP contribution in [0.5, 0.6) is 0 Å². The molecule has 0 aliphatic heterocycles. The summed E-state index contributed by atoms with van der Waals surface area (Å²) in [5.41, 5.74) is 1.25. The van der Waals surface area contributed by atoms with Gasteiger partial charge in [-0.3, -0.25) is 14.3 Å². The van der Waals surface area contributed by atoms with Crippen LogP contribution in [0.3, 0.4) is 0 Å². The Labute approximate surface area is 81.7 Å². The van der Waals surface area contributed by atoms with E-state index in [-0.39, 0.29) is 12.6 Å². The van der Waals surface area contributed by atoms with Crippen LogP contribution in [0.15, 0.2) is 6.20 Å². The zero-order valence-corrected chi connectivity index (χ0v) is 8.19. The fraction of sp³-hybridized carbons (Fsp3) is 0.444. The minimum absolute atomic E-state index is 0.273. The lowest BCUT2D eigenvalue weighted by molar-refractivity contribution is -0.141. The van der Waals surface area contributed by atoms with E-state index in [0.717, 1.165) is 6.29 Å². The number of aromatic nitrogens is 2. The number of carbonyl (C=O) groups is 2. The summed E-state index contributed by atoms with van der Waals surface area (Å²) in [5.74, 6) is -0.315. The zero-order chi connectivity index (χ0) is 10.6. The third-order valence-electron chi connectivity index (χ3n) is 1.74. The molecule has 0 aliphatic carbocycles. The molecule has 14 heavy (non-hydrogen) atoms. The summed E-state index contributed by atoms with van der Waals surface area (Å²) in [4.78, 5) is 20.9. The van der Waals surface area contributed by atoms with Crippen LogP contribution in [0, 0.1) is 6.92 Å². The maximum atomic E-state index is 10.5. The number of aryl methyl sites for hydroxylation is 1. The smallest absolute Gasteiger partial charge is 0.302 e. The van der Waals surface area contributed by atoms with Crippen LogP contribution < -0.4 is 0 Å². The monoisotopic (exact) mass is 196 g/mol. The van der Waals surface area contributed by atoms with Crippen molar-refractivity contribution in [1.82, 2.24) is 9.78 Å². The van der Waals surface area contributed by atoms with Crippen molar-refractivity contribution in [3.8, 4) is 0 Å². The molecule has 5 heteroatoms. The van der Waals surface area contributed by atoms with Gasteiger partial charge in [0.25, 0.3) is 0 Å². The molecule has 0 spiro atoms. The Balaban J connectivity index is 2.51. The van der Waals surface area contributed by atoms with E-state index < -0.39 is 0 Å². The van der Waals surface area contributed by atoms with E-state index in [4.69, 9.17) is 4.74 Å². The molecule has 1 aromatic heterocycles. The number of nitrogens with zero attached hydrogens (tertiary/aromatic N) is 2. The Kier molecular flexibility index (Phi) is 3.39. The number of ether oxygens (including phenoxy) is 1. The topological polar surface area (TPSA) is 61.2 Å². The highest BCUT2D eigenvalue weighted by atomic mass is 16.5. The summed E-state index contributed by atoms with van der Waals surface area (Å²) >= 11 is 0. The average molecular weight is 196 g/mol. The van der Waals surface area contributed by atoms with Crippen molar-refractivity contribution in [3.05, 3.63) is 17.5 Å². The largest absolute Gasteiger partial charge is 0.464 e. The first-order valence-electron chi connectivity index (χ1n) is 4.26. The summed E-state index contributed by atoms with van der Waals surface area (Å²) in [6, 6.07) is 0. The second-order valence-electron chi connectivity index (χ2n) is 2.89. The molecule has 5 nitrogen and oxygen atoms in total. The first-order valence-corrected chi connectivity index (χ1v) is 4.26. The van der Waals surface area contributed by atoms with Crippen LogP contribution in [-0.2, 0) is 16.1 Å². The molecule has 1 rings (SSSR count). The molecule has 0 unspecified atom stereocenters. The molecule has 0 saturated heterocycles. The van der Waals surface area contributed by atoms with Crippen molar-refractivity contribution in [2.75, 3.05) is 6.61 Å². The van der Waals surface area contributed by atoms with E-state index in [2.05, 4.69) is 5.10 Å². The van der Waals surface area contributed by atoms with Crippen LogP contribution in [0.2, 0.25) is 0 Å². The zero-order valence-electron chi connectivity index (χ0n) is 8.19.